The number of aliphatic carboxylic acids is 1. The summed E-state index contributed by atoms with van der Waals surface area (Å²) in [6.45, 7) is 1.19. The van der Waals surface area contributed by atoms with Gasteiger partial charge < -0.3 is 15.5 Å². The Bertz CT molecular complexity index is 356. The molecule has 0 spiro atoms. The van der Waals surface area contributed by atoms with E-state index in [0.29, 0.717) is 16.5 Å². The Morgan fingerprint density at radius 2 is 1.76 bits per heavy atom. The van der Waals surface area contributed by atoms with Crippen LogP contribution in [0.3, 0.4) is 0 Å². The molecular formula is C11H15Cl2NO3. The Balaban J connectivity index is 0.000000557. The van der Waals surface area contributed by atoms with Crippen molar-refractivity contribution in [2.45, 2.75) is 13.3 Å². The summed E-state index contributed by atoms with van der Waals surface area (Å²) in [6.07, 6.45) is 0.573. The van der Waals surface area contributed by atoms with E-state index in [0.717, 1.165) is 18.2 Å². The molecule has 0 aliphatic carbocycles. The minimum atomic E-state index is -0.833. The standard InChI is InChI=1S/C9H11Cl2NO.C2H4O2/c1-12-9-7(10)4-6(2-3-13)5-8(9)11;1-2(3)4/h4-5,12-13H,2-3H2,1H3;1H3,(H,3,4). The van der Waals surface area contributed by atoms with Gasteiger partial charge in [-0.05, 0) is 24.1 Å². The van der Waals surface area contributed by atoms with Crippen molar-refractivity contribution in [3.8, 4) is 0 Å². The lowest BCUT2D eigenvalue weighted by atomic mass is 10.1. The topological polar surface area (TPSA) is 69.6 Å². The average molecular weight is 280 g/mol. The number of nitrogens with one attached hydrogen (secondary N) is 1. The first-order chi connectivity index (χ1) is 7.92. The van der Waals surface area contributed by atoms with Crippen molar-refractivity contribution < 1.29 is 15.0 Å². The van der Waals surface area contributed by atoms with E-state index in [2.05, 4.69) is 5.32 Å². The van der Waals surface area contributed by atoms with Crippen LogP contribution in [0, 0.1) is 0 Å². The number of carboxylic acid groups (broad SMARTS) is 1. The van der Waals surface area contributed by atoms with Gasteiger partial charge in [0.05, 0.1) is 15.7 Å². The molecule has 6 heteroatoms. The molecule has 1 aromatic carbocycles. The zero-order chi connectivity index (χ0) is 13.4. The van der Waals surface area contributed by atoms with E-state index in [1.165, 1.54) is 0 Å². The second-order valence-corrected chi connectivity index (χ2v) is 3.99. The minimum absolute atomic E-state index is 0.103. The van der Waals surface area contributed by atoms with Crippen LogP contribution in [-0.2, 0) is 11.2 Å². The van der Waals surface area contributed by atoms with Gasteiger partial charge in [-0.25, -0.2) is 0 Å². The Labute approximate surface area is 110 Å². The number of carbonyl (C=O) groups is 1. The van der Waals surface area contributed by atoms with Crippen LogP contribution in [0.1, 0.15) is 12.5 Å². The van der Waals surface area contributed by atoms with Gasteiger partial charge in [0.2, 0.25) is 0 Å². The molecule has 1 aromatic rings. The van der Waals surface area contributed by atoms with Crippen LogP contribution in [0.25, 0.3) is 0 Å². The molecule has 0 aliphatic heterocycles. The first-order valence-corrected chi connectivity index (χ1v) is 5.64. The molecule has 0 saturated carbocycles. The molecule has 0 saturated heterocycles. The highest BCUT2D eigenvalue weighted by Gasteiger charge is 2.05. The Morgan fingerprint density at radius 1 is 1.35 bits per heavy atom. The molecule has 0 heterocycles. The van der Waals surface area contributed by atoms with Gasteiger partial charge >= 0.3 is 0 Å². The molecule has 0 atom stereocenters. The van der Waals surface area contributed by atoms with E-state index in [1.807, 2.05) is 0 Å². The van der Waals surface area contributed by atoms with Crippen molar-refractivity contribution in [3.05, 3.63) is 27.7 Å². The molecule has 0 radical (unpaired) electrons. The Kier molecular flexibility index (Phi) is 7.70. The number of aliphatic hydroxyl groups excluding tert-OH is 1. The number of hydrogen-bond donors (Lipinski definition) is 3. The predicted molar refractivity (Wildman–Crippen MR) is 70.1 cm³/mol. The monoisotopic (exact) mass is 279 g/mol. The highest BCUT2D eigenvalue weighted by Crippen LogP contribution is 2.31. The Hall–Kier alpha value is -0.970. The van der Waals surface area contributed by atoms with Crippen molar-refractivity contribution >= 4 is 34.9 Å². The molecule has 4 nitrogen and oxygen atoms in total. The first-order valence-electron chi connectivity index (χ1n) is 4.88. The molecule has 1 rings (SSSR count). The third-order valence-electron chi connectivity index (χ3n) is 1.75. The van der Waals surface area contributed by atoms with Crippen LogP contribution >= 0.6 is 23.2 Å². The van der Waals surface area contributed by atoms with Gasteiger partial charge in [-0.15, -0.1) is 0 Å². The van der Waals surface area contributed by atoms with Gasteiger partial charge in [0.25, 0.3) is 5.97 Å². The molecule has 96 valence electrons. The summed E-state index contributed by atoms with van der Waals surface area (Å²) in [6, 6.07) is 3.60. The quantitative estimate of drug-likeness (QED) is 0.796. The highest BCUT2D eigenvalue weighted by atomic mass is 35.5. The van der Waals surface area contributed by atoms with Crippen LogP contribution < -0.4 is 5.32 Å². The van der Waals surface area contributed by atoms with Crippen LogP contribution in [0.4, 0.5) is 5.69 Å². The van der Waals surface area contributed by atoms with Crippen LogP contribution in [0.2, 0.25) is 10.0 Å². The Morgan fingerprint density at radius 3 is 2.06 bits per heavy atom. The third kappa shape index (κ3) is 6.36. The number of anilines is 1. The van der Waals surface area contributed by atoms with Gasteiger partial charge in [-0.3, -0.25) is 4.79 Å². The minimum Gasteiger partial charge on any atom is -0.481 e. The molecule has 0 amide bonds. The SMILES string of the molecule is CC(=O)O.CNc1c(Cl)cc(CCO)cc1Cl. The summed E-state index contributed by atoms with van der Waals surface area (Å²) in [7, 11) is 1.76. The molecule has 0 unspecified atom stereocenters. The maximum absolute atomic E-state index is 9.00. The van der Waals surface area contributed by atoms with Gasteiger partial charge in [0.15, 0.2) is 0 Å². The lowest BCUT2D eigenvalue weighted by Crippen LogP contribution is -1.95. The molecule has 17 heavy (non-hydrogen) atoms. The molecule has 0 bridgehead atoms. The average Bonchev–Trinajstić information content (AvgIpc) is 2.16. The van der Waals surface area contributed by atoms with Crippen LogP contribution in [0.5, 0.6) is 0 Å². The van der Waals surface area contributed by atoms with Crippen LogP contribution in [-0.4, -0.2) is 29.8 Å². The zero-order valence-electron chi connectivity index (χ0n) is 9.63. The number of benzene rings is 1. The van der Waals surface area contributed by atoms with E-state index in [4.69, 9.17) is 38.2 Å². The summed E-state index contributed by atoms with van der Waals surface area (Å²) in [5, 5.41) is 20.2. The fourth-order valence-corrected chi connectivity index (χ4v) is 1.86. The summed E-state index contributed by atoms with van der Waals surface area (Å²) in [5.74, 6) is -0.833. The second kappa shape index (κ2) is 8.17. The summed E-state index contributed by atoms with van der Waals surface area (Å²) >= 11 is 11.9. The van der Waals surface area contributed by atoms with Crippen molar-refractivity contribution in [1.82, 2.24) is 0 Å². The summed E-state index contributed by atoms with van der Waals surface area (Å²) in [5.41, 5.74) is 1.67. The van der Waals surface area contributed by atoms with Crippen molar-refractivity contribution in [2.75, 3.05) is 19.0 Å². The highest BCUT2D eigenvalue weighted by molar-refractivity contribution is 6.39. The van der Waals surface area contributed by atoms with Crippen molar-refractivity contribution in [3.63, 3.8) is 0 Å². The van der Waals surface area contributed by atoms with Gasteiger partial charge in [0, 0.05) is 20.6 Å². The number of hydrogen-bond acceptors (Lipinski definition) is 3. The fourth-order valence-electron chi connectivity index (χ4n) is 1.14. The first kappa shape index (κ1) is 16.0. The number of aliphatic hydroxyl groups is 1. The van der Waals surface area contributed by atoms with E-state index in [9.17, 15) is 0 Å². The maximum Gasteiger partial charge on any atom is 0.300 e. The molecular weight excluding hydrogens is 265 g/mol. The van der Waals surface area contributed by atoms with Gasteiger partial charge in [-0.1, -0.05) is 23.2 Å². The van der Waals surface area contributed by atoms with Crippen LogP contribution in [0.15, 0.2) is 12.1 Å². The molecule has 0 fully saturated rings. The maximum atomic E-state index is 9.00. The van der Waals surface area contributed by atoms with E-state index < -0.39 is 5.97 Å². The summed E-state index contributed by atoms with van der Waals surface area (Å²) in [4.78, 5) is 9.00. The number of rotatable bonds is 3. The zero-order valence-corrected chi connectivity index (χ0v) is 11.1. The normalized spacial score (nSPS) is 9.24. The van der Waals surface area contributed by atoms with Crippen molar-refractivity contribution in [1.29, 1.82) is 0 Å². The fraction of sp³-hybridized carbons (Fsp3) is 0.364. The van der Waals surface area contributed by atoms with E-state index in [-0.39, 0.29) is 6.61 Å². The van der Waals surface area contributed by atoms with E-state index >= 15 is 0 Å². The lowest BCUT2D eigenvalue weighted by molar-refractivity contribution is -0.134. The third-order valence-corrected chi connectivity index (χ3v) is 2.35. The number of carboxylic acids is 1. The largest absolute Gasteiger partial charge is 0.481 e. The smallest absolute Gasteiger partial charge is 0.300 e. The summed E-state index contributed by atoms with van der Waals surface area (Å²) < 4.78 is 0. The number of halogens is 2. The molecule has 0 aromatic heterocycles. The predicted octanol–water partition coefficient (Wildman–Crippen LogP) is 2.66. The van der Waals surface area contributed by atoms with Gasteiger partial charge in [-0.2, -0.15) is 0 Å². The van der Waals surface area contributed by atoms with Crippen molar-refractivity contribution in [2.24, 2.45) is 0 Å². The lowest BCUT2D eigenvalue weighted by Gasteiger charge is -2.08. The molecule has 3 N–H and O–H groups in total. The molecule has 0 aliphatic rings. The second-order valence-electron chi connectivity index (χ2n) is 3.18. The van der Waals surface area contributed by atoms with Gasteiger partial charge in [0.1, 0.15) is 0 Å². The van der Waals surface area contributed by atoms with E-state index in [1.54, 1.807) is 19.2 Å².